The molecule has 1 N–H and O–H groups in total. The molecule has 0 amide bonds. The highest BCUT2D eigenvalue weighted by atomic mass is 32.2. The number of hydrogen-bond acceptors (Lipinski definition) is 6. The van der Waals surface area contributed by atoms with Crippen LogP contribution in [-0.2, 0) is 10.0 Å². The van der Waals surface area contributed by atoms with Crippen LogP contribution in [0, 0.1) is 13.8 Å². The van der Waals surface area contributed by atoms with E-state index >= 15 is 0 Å². The molecule has 9 heteroatoms. The molecule has 0 bridgehead atoms. The van der Waals surface area contributed by atoms with Crippen LogP contribution in [0.2, 0.25) is 0 Å². The minimum Gasteiger partial charge on any atom is -0.360 e. The molecule has 0 aliphatic carbocycles. The second-order valence-corrected chi connectivity index (χ2v) is 7.99. The Morgan fingerprint density at radius 1 is 1.35 bits per heavy atom. The van der Waals surface area contributed by atoms with Crippen molar-refractivity contribution in [3.8, 4) is 0 Å². The highest BCUT2D eigenvalue weighted by molar-refractivity contribution is 7.89. The Morgan fingerprint density at radius 3 is 2.65 bits per heavy atom. The van der Waals surface area contributed by atoms with Crippen molar-refractivity contribution in [1.29, 1.82) is 0 Å². The Bertz CT molecular complexity index is 789. The molecule has 8 nitrogen and oxygen atoms in total. The van der Waals surface area contributed by atoms with Crippen LogP contribution in [0.1, 0.15) is 61.8 Å². The van der Waals surface area contributed by atoms with Gasteiger partial charge in [-0.05, 0) is 26.7 Å². The fourth-order valence-electron chi connectivity index (χ4n) is 2.96. The lowest BCUT2D eigenvalue weighted by Crippen LogP contribution is -2.31. The number of aromatic amines is 1. The molecule has 2 aromatic heterocycles. The average Bonchev–Trinajstić information content (AvgIpc) is 3.17. The maximum Gasteiger partial charge on any atom is 0.249 e. The fourth-order valence-corrected chi connectivity index (χ4v) is 4.91. The number of hydrogen-bond donors (Lipinski definition) is 1. The highest BCUT2D eigenvalue weighted by Gasteiger charge is 2.40. The first-order valence-electron chi connectivity index (χ1n) is 7.69. The predicted molar refractivity (Wildman–Crippen MR) is 82.3 cm³/mol. The van der Waals surface area contributed by atoms with Gasteiger partial charge < -0.3 is 4.52 Å². The Balaban J connectivity index is 1.98. The molecular weight excluding hydrogens is 318 g/mol. The molecule has 1 aliphatic rings. The van der Waals surface area contributed by atoms with Crippen LogP contribution in [0.15, 0.2) is 9.42 Å². The summed E-state index contributed by atoms with van der Waals surface area (Å²) in [6.07, 6.45) is 1.50. The molecule has 0 spiro atoms. The molecule has 0 radical (unpaired) electrons. The zero-order chi connectivity index (χ0) is 16.8. The molecule has 23 heavy (non-hydrogen) atoms. The summed E-state index contributed by atoms with van der Waals surface area (Å²) in [5.74, 6) is 1.80. The third kappa shape index (κ3) is 2.67. The maximum absolute atomic E-state index is 13.0. The van der Waals surface area contributed by atoms with Crippen LogP contribution in [-0.4, -0.2) is 39.6 Å². The number of aryl methyl sites for hydroxylation is 2. The summed E-state index contributed by atoms with van der Waals surface area (Å²) in [6, 6.07) is -0.325. The van der Waals surface area contributed by atoms with Gasteiger partial charge in [0.25, 0.3) is 0 Å². The molecule has 3 heterocycles. The summed E-state index contributed by atoms with van der Waals surface area (Å²) in [7, 11) is -3.68. The Morgan fingerprint density at radius 2 is 2.09 bits per heavy atom. The van der Waals surface area contributed by atoms with Crippen LogP contribution in [0.25, 0.3) is 0 Å². The molecule has 0 aromatic carbocycles. The van der Waals surface area contributed by atoms with E-state index in [1.807, 2.05) is 13.8 Å². The van der Waals surface area contributed by atoms with Gasteiger partial charge in [-0.3, -0.25) is 5.10 Å². The first-order chi connectivity index (χ1) is 10.8. The number of nitrogens with one attached hydrogen (secondary N) is 1. The van der Waals surface area contributed by atoms with Crippen LogP contribution in [0.4, 0.5) is 0 Å². The van der Waals surface area contributed by atoms with Gasteiger partial charge in [-0.15, -0.1) is 0 Å². The second-order valence-electron chi connectivity index (χ2n) is 6.16. The SMILES string of the molecule is Cc1noc(C)c1S(=O)(=O)N1CCCC1c1nc(C(C)C)n[nH]1. The number of aromatic nitrogens is 4. The number of sulfonamides is 1. The van der Waals surface area contributed by atoms with Crippen molar-refractivity contribution in [3.05, 3.63) is 23.1 Å². The Kier molecular flexibility index (Phi) is 4.01. The summed E-state index contributed by atoms with van der Waals surface area (Å²) >= 11 is 0. The van der Waals surface area contributed by atoms with Crippen LogP contribution >= 0.6 is 0 Å². The number of rotatable bonds is 4. The quantitative estimate of drug-likeness (QED) is 0.914. The zero-order valence-electron chi connectivity index (χ0n) is 13.7. The molecule has 126 valence electrons. The molecule has 1 atom stereocenters. The summed E-state index contributed by atoms with van der Waals surface area (Å²) in [5.41, 5.74) is 0.383. The van der Waals surface area contributed by atoms with E-state index in [0.29, 0.717) is 29.6 Å². The zero-order valence-corrected chi connectivity index (χ0v) is 14.5. The van der Waals surface area contributed by atoms with Gasteiger partial charge >= 0.3 is 0 Å². The molecule has 1 fully saturated rings. The van der Waals surface area contributed by atoms with Crippen molar-refractivity contribution >= 4 is 10.0 Å². The number of nitrogens with zero attached hydrogens (tertiary/aromatic N) is 4. The lowest BCUT2D eigenvalue weighted by atomic mass is 10.2. The summed E-state index contributed by atoms with van der Waals surface area (Å²) in [6.45, 7) is 7.71. The first kappa shape index (κ1) is 16.1. The standard InChI is InChI=1S/C14H21N5O3S/c1-8(2)13-15-14(17-16-13)11-6-5-7-19(11)23(20,21)12-9(3)18-22-10(12)4/h8,11H,5-7H2,1-4H3,(H,15,16,17). The molecule has 1 unspecified atom stereocenters. The molecular formula is C14H21N5O3S. The van der Waals surface area contributed by atoms with Crippen molar-refractivity contribution in [2.24, 2.45) is 0 Å². The Labute approximate surface area is 135 Å². The Hall–Kier alpha value is -1.74. The molecule has 0 saturated carbocycles. The van der Waals surface area contributed by atoms with E-state index in [1.54, 1.807) is 13.8 Å². The topological polar surface area (TPSA) is 105 Å². The molecule has 3 rings (SSSR count). The predicted octanol–water partition coefficient (Wildman–Crippen LogP) is 2.06. The van der Waals surface area contributed by atoms with Crippen molar-refractivity contribution in [2.45, 2.75) is 57.4 Å². The van der Waals surface area contributed by atoms with Gasteiger partial charge in [-0.2, -0.15) is 9.40 Å². The monoisotopic (exact) mass is 339 g/mol. The van der Waals surface area contributed by atoms with Gasteiger partial charge in [0.05, 0.1) is 6.04 Å². The van der Waals surface area contributed by atoms with Gasteiger partial charge in [0, 0.05) is 12.5 Å². The van der Waals surface area contributed by atoms with E-state index in [1.165, 1.54) is 4.31 Å². The van der Waals surface area contributed by atoms with E-state index in [-0.39, 0.29) is 16.9 Å². The highest BCUT2D eigenvalue weighted by Crippen LogP contribution is 2.36. The normalized spacial score (nSPS) is 19.8. The van der Waals surface area contributed by atoms with Gasteiger partial charge in [0.2, 0.25) is 10.0 Å². The summed E-state index contributed by atoms with van der Waals surface area (Å²) in [4.78, 5) is 4.63. The molecule has 1 saturated heterocycles. The van der Waals surface area contributed by atoms with Crippen molar-refractivity contribution < 1.29 is 12.9 Å². The molecule has 2 aromatic rings. The van der Waals surface area contributed by atoms with Crippen LogP contribution < -0.4 is 0 Å². The maximum atomic E-state index is 13.0. The third-order valence-electron chi connectivity index (χ3n) is 4.09. The van der Waals surface area contributed by atoms with Crippen LogP contribution in [0.3, 0.4) is 0 Å². The third-order valence-corrected chi connectivity index (χ3v) is 6.24. The first-order valence-corrected chi connectivity index (χ1v) is 9.13. The van der Waals surface area contributed by atoms with Crippen molar-refractivity contribution in [3.63, 3.8) is 0 Å². The van der Waals surface area contributed by atoms with E-state index in [0.717, 1.165) is 12.8 Å². The van der Waals surface area contributed by atoms with Gasteiger partial charge in [-0.25, -0.2) is 13.4 Å². The van der Waals surface area contributed by atoms with Crippen LogP contribution in [0.5, 0.6) is 0 Å². The van der Waals surface area contributed by atoms with Crippen molar-refractivity contribution in [2.75, 3.05) is 6.54 Å². The van der Waals surface area contributed by atoms with Gasteiger partial charge in [-0.1, -0.05) is 19.0 Å². The summed E-state index contributed by atoms with van der Waals surface area (Å²) in [5, 5.41) is 10.8. The smallest absolute Gasteiger partial charge is 0.249 e. The van der Waals surface area contributed by atoms with Crippen molar-refractivity contribution in [1.82, 2.24) is 24.6 Å². The van der Waals surface area contributed by atoms with E-state index in [4.69, 9.17) is 4.52 Å². The van der Waals surface area contributed by atoms with E-state index in [9.17, 15) is 8.42 Å². The number of H-pyrrole nitrogens is 1. The van der Waals surface area contributed by atoms with Gasteiger partial charge in [0.15, 0.2) is 11.6 Å². The van der Waals surface area contributed by atoms with E-state index in [2.05, 4.69) is 20.3 Å². The minimum absolute atomic E-state index is 0.160. The average molecular weight is 339 g/mol. The lowest BCUT2D eigenvalue weighted by molar-refractivity contribution is 0.377. The fraction of sp³-hybridized carbons (Fsp3) is 0.643. The largest absolute Gasteiger partial charge is 0.360 e. The second kappa shape index (κ2) is 5.72. The summed E-state index contributed by atoms with van der Waals surface area (Å²) < 4.78 is 32.6. The van der Waals surface area contributed by atoms with E-state index < -0.39 is 10.0 Å². The molecule has 1 aliphatic heterocycles. The lowest BCUT2D eigenvalue weighted by Gasteiger charge is -2.22. The minimum atomic E-state index is -3.68. The van der Waals surface area contributed by atoms with Gasteiger partial charge in [0.1, 0.15) is 16.4 Å².